The molecule has 0 spiro atoms. The summed E-state index contributed by atoms with van der Waals surface area (Å²) in [4.78, 5) is 25.4. The predicted octanol–water partition coefficient (Wildman–Crippen LogP) is 3.49. The van der Waals surface area contributed by atoms with E-state index in [1.807, 2.05) is 49.1 Å². The fraction of sp³-hybridized carbons (Fsp3) is 0.393. The van der Waals surface area contributed by atoms with Crippen LogP contribution >= 0.6 is 0 Å². The molecule has 206 valence electrons. The maximum absolute atomic E-state index is 13.7. The van der Waals surface area contributed by atoms with Gasteiger partial charge < -0.3 is 9.80 Å². The lowest BCUT2D eigenvalue weighted by atomic mass is 10.0. The average molecular weight is 556 g/mol. The number of sulfonamides is 1. The van der Waals surface area contributed by atoms with Crippen LogP contribution in [0.3, 0.4) is 0 Å². The van der Waals surface area contributed by atoms with Gasteiger partial charge in [-0.1, -0.05) is 30.3 Å². The molecular weight excluding hydrogens is 524 g/mol. The van der Waals surface area contributed by atoms with E-state index in [4.69, 9.17) is 0 Å². The molecule has 0 bridgehead atoms. The Labute approximate surface area is 227 Å². The van der Waals surface area contributed by atoms with Crippen molar-refractivity contribution in [1.29, 1.82) is 0 Å². The van der Waals surface area contributed by atoms with Crippen LogP contribution in [0.5, 0.6) is 0 Å². The van der Waals surface area contributed by atoms with Crippen LogP contribution in [0.2, 0.25) is 0 Å². The van der Waals surface area contributed by atoms with Gasteiger partial charge in [-0.25, -0.2) is 31.9 Å². The lowest BCUT2D eigenvalue weighted by Crippen LogP contribution is -2.36. The Morgan fingerprint density at radius 2 is 1.62 bits per heavy atom. The molecular formula is C28H31F2N5O3S. The average Bonchev–Trinajstić information content (AvgIpc) is 3.47. The van der Waals surface area contributed by atoms with E-state index in [2.05, 4.69) is 19.6 Å². The third-order valence-electron chi connectivity index (χ3n) is 7.72. The maximum atomic E-state index is 13.7. The zero-order valence-electron chi connectivity index (χ0n) is 21.8. The van der Waals surface area contributed by atoms with Crippen molar-refractivity contribution < 1.29 is 22.0 Å². The van der Waals surface area contributed by atoms with Gasteiger partial charge in [0.25, 0.3) is 5.91 Å². The predicted molar refractivity (Wildman–Crippen MR) is 141 cm³/mol. The number of aryl methyl sites for hydroxylation is 2. The van der Waals surface area contributed by atoms with Gasteiger partial charge in [0, 0.05) is 38.8 Å². The van der Waals surface area contributed by atoms with Gasteiger partial charge in [0.05, 0.1) is 21.8 Å². The van der Waals surface area contributed by atoms with Crippen LogP contribution in [0.25, 0.3) is 0 Å². The molecule has 0 saturated carbocycles. The molecule has 1 aromatic heterocycles. The van der Waals surface area contributed by atoms with E-state index in [0.29, 0.717) is 60.9 Å². The molecule has 3 unspecified atom stereocenters. The van der Waals surface area contributed by atoms with Crippen LogP contribution in [0.15, 0.2) is 59.8 Å². The van der Waals surface area contributed by atoms with Gasteiger partial charge in [0.2, 0.25) is 10.0 Å². The lowest BCUT2D eigenvalue weighted by Gasteiger charge is -2.25. The van der Waals surface area contributed by atoms with E-state index in [-0.39, 0.29) is 10.8 Å². The lowest BCUT2D eigenvalue weighted by molar-refractivity contribution is 0.0771. The van der Waals surface area contributed by atoms with Crippen LogP contribution < -0.4 is 4.72 Å². The first-order chi connectivity index (χ1) is 18.6. The van der Waals surface area contributed by atoms with E-state index >= 15 is 0 Å². The Bertz CT molecular complexity index is 1440. The Kier molecular flexibility index (Phi) is 7.75. The number of fused-ring (bicyclic) bond motifs is 1. The van der Waals surface area contributed by atoms with Gasteiger partial charge in [0.15, 0.2) is 11.6 Å². The second kappa shape index (κ2) is 11.1. The number of hydrogen-bond donors (Lipinski definition) is 1. The number of amides is 1. The topological polar surface area (TPSA) is 95.5 Å². The number of likely N-dealkylation sites (tertiary alicyclic amines) is 2. The summed E-state index contributed by atoms with van der Waals surface area (Å²) in [5.41, 5.74) is 2.73. The largest absolute Gasteiger partial charge is 0.338 e. The molecule has 2 fully saturated rings. The van der Waals surface area contributed by atoms with Gasteiger partial charge in [-0.05, 0) is 55.9 Å². The van der Waals surface area contributed by atoms with Crippen molar-refractivity contribution >= 4 is 15.9 Å². The summed E-state index contributed by atoms with van der Waals surface area (Å²) in [6.07, 6.45) is 1.97. The van der Waals surface area contributed by atoms with Gasteiger partial charge in [0.1, 0.15) is 6.33 Å². The first-order valence-electron chi connectivity index (χ1n) is 12.9. The molecule has 2 aliphatic rings. The molecule has 2 aromatic carbocycles. The van der Waals surface area contributed by atoms with Crippen molar-refractivity contribution in [1.82, 2.24) is 24.5 Å². The highest BCUT2D eigenvalue weighted by Crippen LogP contribution is 2.33. The second-order valence-corrected chi connectivity index (χ2v) is 12.1. The van der Waals surface area contributed by atoms with Crippen molar-refractivity contribution in [2.75, 3.05) is 32.7 Å². The molecule has 1 amide bonds. The first-order valence-corrected chi connectivity index (χ1v) is 14.4. The molecule has 0 aliphatic carbocycles. The van der Waals surface area contributed by atoms with Gasteiger partial charge in [-0.3, -0.25) is 4.79 Å². The van der Waals surface area contributed by atoms with Crippen LogP contribution in [0.1, 0.15) is 39.8 Å². The molecule has 3 heterocycles. The number of nitrogens with zero attached hydrogens (tertiary/aromatic N) is 4. The molecule has 1 N–H and O–H groups in total. The Hall–Kier alpha value is -3.28. The number of hydrogen-bond acceptors (Lipinski definition) is 6. The summed E-state index contributed by atoms with van der Waals surface area (Å²) in [5.74, 6) is -1.66. The minimum atomic E-state index is -4.09. The molecule has 3 aromatic rings. The highest BCUT2D eigenvalue weighted by Gasteiger charge is 2.42. The number of rotatable bonds is 8. The summed E-state index contributed by atoms with van der Waals surface area (Å²) in [6.45, 7) is 7.25. The summed E-state index contributed by atoms with van der Waals surface area (Å²) in [5, 5.41) is 0. The Morgan fingerprint density at radius 3 is 2.23 bits per heavy atom. The number of aromatic nitrogens is 2. The van der Waals surface area contributed by atoms with Crippen LogP contribution in [-0.4, -0.2) is 66.8 Å². The standard InChI is InChI=1S/C28H31F2N5O3S/c1-18-27(19(2)32-17-31-18)28(36)35-15-21-13-34(14-22(21)16-35)11-10-26(20-6-4-3-5-7-20)33-39(37,38)23-8-9-24(29)25(30)12-23/h3-9,12,17,21-22,26,33H,10-11,13-16H2,1-2H3. The molecule has 0 radical (unpaired) electrons. The van der Waals surface area contributed by atoms with E-state index in [1.165, 1.54) is 6.33 Å². The zero-order valence-corrected chi connectivity index (χ0v) is 22.7. The van der Waals surface area contributed by atoms with Gasteiger partial charge >= 0.3 is 0 Å². The van der Waals surface area contributed by atoms with Crippen LogP contribution in [-0.2, 0) is 10.0 Å². The summed E-state index contributed by atoms with van der Waals surface area (Å²) >= 11 is 0. The number of carbonyl (C=O) groups excluding carboxylic acids is 1. The van der Waals surface area contributed by atoms with Crippen molar-refractivity contribution in [3.8, 4) is 0 Å². The quantitative estimate of drug-likeness (QED) is 0.457. The normalized spacial score (nSPS) is 20.3. The monoisotopic (exact) mass is 555 g/mol. The molecule has 39 heavy (non-hydrogen) atoms. The molecule has 5 rings (SSSR count). The molecule has 11 heteroatoms. The summed E-state index contributed by atoms with van der Waals surface area (Å²) in [7, 11) is -4.09. The zero-order chi connectivity index (χ0) is 27.7. The number of halogens is 2. The van der Waals surface area contributed by atoms with Crippen LogP contribution in [0, 0.1) is 37.3 Å². The number of nitrogens with one attached hydrogen (secondary N) is 1. The Morgan fingerprint density at radius 1 is 0.974 bits per heavy atom. The van der Waals surface area contributed by atoms with Crippen molar-refractivity contribution in [3.63, 3.8) is 0 Å². The maximum Gasteiger partial charge on any atom is 0.257 e. The fourth-order valence-corrected chi connectivity index (χ4v) is 6.96. The van der Waals surface area contributed by atoms with Crippen molar-refractivity contribution in [2.45, 2.75) is 31.2 Å². The molecule has 8 nitrogen and oxygen atoms in total. The van der Waals surface area contributed by atoms with Crippen molar-refractivity contribution in [3.05, 3.63) is 89.0 Å². The molecule has 3 atom stereocenters. The van der Waals surface area contributed by atoms with E-state index in [9.17, 15) is 22.0 Å². The SMILES string of the molecule is Cc1ncnc(C)c1C(=O)N1CC2CN(CCC(NS(=O)(=O)c3ccc(F)c(F)c3)c3ccccc3)CC2C1. The highest BCUT2D eigenvalue weighted by atomic mass is 32.2. The number of benzene rings is 2. The molecule has 2 saturated heterocycles. The van der Waals surface area contributed by atoms with E-state index < -0.39 is 27.7 Å². The Balaban J connectivity index is 1.23. The highest BCUT2D eigenvalue weighted by molar-refractivity contribution is 7.89. The third-order valence-corrected chi connectivity index (χ3v) is 9.19. The minimum Gasteiger partial charge on any atom is -0.338 e. The fourth-order valence-electron chi connectivity index (χ4n) is 5.69. The smallest absolute Gasteiger partial charge is 0.257 e. The van der Waals surface area contributed by atoms with E-state index in [1.54, 1.807) is 0 Å². The van der Waals surface area contributed by atoms with Crippen molar-refractivity contribution in [2.24, 2.45) is 11.8 Å². The van der Waals surface area contributed by atoms with E-state index in [0.717, 1.165) is 30.8 Å². The molecule has 2 aliphatic heterocycles. The third kappa shape index (κ3) is 5.85. The summed E-state index contributed by atoms with van der Waals surface area (Å²) < 4.78 is 55.9. The summed E-state index contributed by atoms with van der Waals surface area (Å²) in [6, 6.07) is 11.2. The minimum absolute atomic E-state index is 0.0256. The first kappa shape index (κ1) is 27.3. The second-order valence-electron chi connectivity index (χ2n) is 10.4. The number of carbonyl (C=O) groups is 1. The van der Waals surface area contributed by atoms with Gasteiger partial charge in [-0.2, -0.15) is 0 Å². The van der Waals surface area contributed by atoms with Gasteiger partial charge in [-0.15, -0.1) is 0 Å². The van der Waals surface area contributed by atoms with Crippen LogP contribution in [0.4, 0.5) is 8.78 Å².